The van der Waals surface area contributed by atoms with Gasteiger partial charge in [-0.2, -0.15) is 0 Å². The van der Waals surface area contributed by atoms with Crippen molar-refractivity contribution in [3.8, 4) is 0 Å². The highest BCUT2D eigenvalue weighted by Gasteiger charge is 2.40. The maximum absolute atomic E-state index is 12.3. The summed E-state index contributed by atoms with van der Waals surface area (Å²) in [5.74, 6) is -1.08. The summed E-state index contributed by atoms with van der Waals surface area (Å²) < 4.78 is 0. The van der Waals surface area contributed by atoms with E-state index in [1.165, 1.54) is 5.56 Å². The van der Waals surface area contributed by atoms with E-state index in [4.69, 9.17) is 0 Å². The fourth-order valence-electron chi connectivity index (χ4n) is 3.70. The largest absolute Gasteiger partial charge is 0.480 e. The number of aliphatic carboxylic acids is 1. The lowest BCUT2D eigenvalue weighted by atomic mass is 9.81. The van der Waals surface area contributed by atoms with E-state index in [0.717, 1.165) is 35.7 Å². The summed E-state index contributed by atoms with van der Waals surface area (Å²) in [6.07, 6.45) is 6.66. The Bertz CT molecular complexity index is 757. The monoisotopic (exact) mass is 328 g/mol. The van der Waals surface area contributed by atoms with Crippen LogP contribution >= 0.6 is 0 Å². The molecule has 5 nitrogen and oxygen atoms in total. The maximum atomic E-state index is 12.3. The predicted molar refractivity (Wildman–Crippen MR) is 93.0 cm³/mol. The molecule has 1 aliphatic carbocycles. The molecule has 1 heterocycles. The Morgan fingerprint density at radius 1 is 1.25 bits per heavy atom. The lowest BCUT2D eigenvalue weighted by molar-refractivity contribution is -0.149. The van der Waals surface area contributed by atoms with Crippen molar-refractivity contribution >= 4 is 22.8 Å². The van der Waals surface area contributed by atoms with Crippen molar-refractivity contribution in [1.29, 1.82) is 0 Å². The highest BCUT2D eigenvalue weighted by molar-refractivity contribution is 5.88. The second-order valence-corrected chi connectivity index (χ2v) is 6.81. The van der Waals surface area contributed by atoms with Gasteiger partial charge in [0.2, 0.25) is 5.91 Å². The Balaban J connectivity index is 1.66. The highest BCUT2D eigenvalue weighted by Crippen LogP contribution is 2.29. The van der Waals surface area contributed by atoms with Crippen molar-refractivity contribution in [2.24, 2.45) is 0 Å². The minimum absolute atomic E-state index is 0.179. The van der Waals surface area contributed by atoms with Gasteiger partial charge in [-0.15, -0.1) is 0 Å². The molecule has 1 aliphatic rings. The van der Waals surface area contributed by atoms with Crippen molar-refractivity contribution in [3.63, 3.8) is 0 Å². The predicted octanol–water partition coefficient (Wildman–Crippen LogP) is 3.31. The molecule has 0 spiro atoms. The number of carboxylic acids is 1. The number of hydrogen-bond donors (Lipinski definition) is 3. The number of benzene rings is 1. The first kappa shape index (κ1) is 16.6. The number of amides is 1. The minimum atomic E-state index is -1.06. The molecule has 0 atom stereocenters. The summed E-state index contributed by atoms with van der Waals surface area (Å²) in [4.78, 5) is 27.2. The third kappa shape index (κ3) is 3.16. The van der Waals surface area contributed by atoms with Gasteiger partial charge in [0.15, 0.2) is 0 Å². The molecular formula is C19H24N2O3. The topological polar surface area (TPSA) is 82.2 Å². The molecule has 128 valence electrons. The number of aryl methyl sites for hydroxylation is 2. The normalized spacial score (nSPS) is 16.9. The van der Waals surface area contributed by atoms with Crippen LogP contribution in [-0.2, 0) is 16.0 Å². The first-order valence-electron chi connectivity index (χ1n) is 8.62. The molecular weight excluding hydrogens is 304 g/mol. The molecule has 0 unspecified atom stereocenters. The third-order valence-corrected chi connectivity index (χ3v) is 5.13. The number of H-pyrrole nitrogens is 1. The van der Waals surface area contributed by atoms with E-state index in [1.54, 1.807) is 0 Å². The molecule has 2 aromatic rings. The quantitative estimate of drug-likeness (QED) is 0.787. The number of para-hydroxylation sites is 1. The van der Waals surface area contributed by atoms with E-state index in [9.17, 15) is 14.7 Å². The van der Waals surface area contributed by atoms with Gasteiger partial charge in [-0.25, -0.2) is 4.79 Å². The summed E-state index contributed by atoms with van der Waals surface area (Å²) in [5.41, 5.74) is 2.31. The van der Waals surface area contributed by atoms with Crippen LogP contribution in [0.25, 0.3) is 10.9 Å². The number of carboxylic acid groups (broad SMARTS) is 1. The molecule has 0 saturated heterocycles. The summed E-state index contributed by atoms with van der Waals surface area (Å²) in [7, 11) is 0. The van der Waals surface area contributed by atoms with Gasteiger partial charge >= 0.3 is 5.97 Å². The van der Waals surface area contributed by atoms with Crippen LogP contribution in [0.4, 0.5) is 0 Å². The molecule has 3 rings (SSSR count). The van der Waals surface area contributed by atoms with Gasteiger partial charge in [0.05, 0.1) is 0 Å². The Morgan fingerprint density at radius 2 is 2.00 bits per heavy atom. The minimum Gasteiger partial charge on any atom is -0.480 e. The number of hydrogen-bond acceptors (Lipinski definition) is 2. The second kappa shape index (κ2) is 6.67. The first-order chi connectivity index (χ1) is 11.5. The number of aromatic amines is 1. The molecule has 1 aromatic carbocycles. The number of carbonyl (C=O) groups is 2. The zero-order valence-electron chi connectivity index (χ0n) is 14.0. The molecule has 0 bridgehead atoms. The molecule has 1 fully saturated rings. The van der Waals surface area contributed by atoms with Gasteiger partial charge in [-0.3, -0.25) is 4.79 Å². The number of fused-ring (bicyclic) bond motifs is 1. The first-order valence-corrected chi connectivity index (χ1v) is 8.62. The van der Waals surface area contributed by atoms with Crippen molar-refractivity contribution in [2.45, 2.75) is 57.4 Å². The molecule has 24 heavy (non-hydrogen) atoms. The average Bonchev–Trinajstić information content (AvgIpc) is 2.98. The van der Waals surface area contributed by atoms with Crippen LogP contribution in [0.1, 0.15) is 49.7 Å². The molecule has 1 saturated carbocycles. The van der Waals surface area contributed by atoms with Gasteiger partial charge in [-0.1, -0.05) is 37.5 Å². The van der Waals surface area contributed by atoms with Crippen LogP contribution in [0, 0.1) is 6.92 Å². The van der Waals surface area contributed by atoms with E-state index >= 15 is 0 Å². The maximum Gasteiger partial charge on any atom is 0.329 e. The molecule has 1 amide bonds. The number of nitrogens with one attached hydrogen (secondary N) is 2. The van der Waals surface area contributed by atoms with Crippen molar-refractivity contribution in [3.05, 3.63) is 35.5 Å². The Hall–Kier alpha value is -2.30. The van der Waals surface area contributed by atoms with E-state index in [-0.39, 0.29) is 5.91 Å². The van der Waals surface area contributed by atoms with E-state index in [2.05, 4.69) is 23.3 Å². The van der Waals surface area contributed by atoms with Crippen LogP contribution in [0.15, 0.2) is 24.4 Å². The molecule has 0 radical (unpaired) electrons. The van der Waals surface area contributed by atoms with Gasteiger partial charge in [0, 0.05) is 23.5 Å². The average molecular weight is 328 g/mol. The standard InChI is InChI=1S/C19H24N2O3/c1-13-6-5-7-15-14(12-20-17(13)15)8-9-16(22)21-19(18(23)24)10-3-2-4-11-19/h5-7,12,20H,2-4,8-11H2,1H3,(H,21,22)(H,23,24). The van der Waals surface area contributed by atoms with Crippen molar-refractivity contribution in [2.75, 3.05) is 0 Å². The summed E-state index contributed by atoms with van der Waals surface area (Å²) in [5, 5.41) is 13.5. The van der Waals surface area contributed by atoms with E-state index < -0.39 is 11.5 Å². The number of carbonyl (C=O) groups excluding carboxylic acids is 1. The Labute approximate surface area is 141 Å². The number of aromatic nitrogens is 1. The molecule has 1 aromatic heterocycles. The molecule has 0 aliphatic heterocycles. The second-order valence-electron chi connectivity index (χ2n) is 6.81. The fraction of sp³-hybridized carbons (Fsp3) is 0.474. The SMILES string of the molecule is Cc1cccc2c(CCC(=O)NC3(C(=O)O)CCCCC3)c[nH]c12. The smallest absolute Gasteiger partial charge is 0.329 e. The molecule has 3 N–H and O–H groups in total. The number of rotatable bonds is 5. The van der Waals surface area contributed by atoms with Crippen LogP contribution in [0.2, 0.25) is 0 Å². The lowest BCUT2D eigenvalue weighted by Crippen LogP contribution is -2.55. The van der Waals surface area contributed by atoms with Crippen molar-refractivity contribution < 1.29 is 14.7 Å². The highest BCUT2D eigenvalue weighted by atomic mass is 16.4. The Kier molecular flexibility index (Phi) is 4.60. The van der Waals surface area contributed by atoms with E-state index in [0.29, 0.717) is 25.7 Å². The summed E-state index contributed by atoms with van der Waals surface area (Å²) >= 11 is 0. The summed E-state index contributed by atoms with van der Waals surface area (Å²) in [6, 6.07) is 6.11. The van der Waals surface area contributed by atoms with E-state index in [1.807, 2.05) is 18.3 Å². The van der Waals surface area contributed by atoms with Crippen LogP contribution in [0.5, 0.6) is 0 Å². The fourth-order valence-corrected chi connectivity index (χ4v) is 3.70. The van der Waals surface area contributed by atoms with Gasteiger partial charge in [0.1, 0.15) is 5.54 Å². The Morgan fingerprint density at radius 3 is 2.71 bits per heavy atom. The lowest BCUT2D eigenvalue weighted by Gasteiger charge is -2.34. The summed E-state index contributed by atoms with van der Waals surface area (Å²) in [6.45, 7) is 2.05. The van der Waals surface area contributed by atoms with Crippen LogP contribution in [-0.4, -0.2) is 27.5 Å². The molecule has 5 heteroatoms. The van der Waals surface area contributed by atoms with Crippen molar-refractivity contribution in [1.82, 2.24) is 10.3 Å². The third-order valence-electron chi connectivity index (χ3n) is 5.13. The van der Waals surface area contributed by atoms with Gasteiger partial charge in [0.25, 0.3) is 0 Å². The van der Waals surface area contributed by atoms with Gasteiger partial charge in [-0.05, 0) is 37.3 Å². The van der Waals surface area contributed by atoms with Gasteiger partial charge < -0.3 is 15.4 Å². The van der Waals surface area contributed by atoms with Crippen LogP contribution < -0.4 is 5.32 Å². The zero-order chi connectivity index (χ0) is 17.2. The zero-order valence-corrected chi connectivity index (χ0v) is 14.0. The van der Waals surface area contributed by atoms with Crippen LogP contribution in [0.3, 0.4) is 0 Å².